The molecule has 1 rings (SSSR count). The summed E-state index contributed by atoms with van der Waals surface area (Å²) >= 11 is 0. The van der Waals surface area contributed by atoms with Gasteiger partial charge in [0.1, 0.15) is 35.0 Å². The van der Waals surface area contributed by atoms with Crippen LogP contribution in [0.3, 0.4) is 0 Å². The number of Topliss-reactive ketones (excluding diaryl/α,β-unsaturated/α-hetero) is 4. The molecule has 0 saturated heterocycles. The van der Waals surface area contributed by atoms with Crippen LogP contribution in [0.15, 0.2) is 0 Å². The van der Waals surface area contributed by atoms with Crippen LogP contribution in [0.1, 0.15) is 118 Å². The van der Waals surface area contributed by atoms with Gasteiger partial charge < -0.3 is 86.5 Å². The minimum absolute atomic E-state index is 0.159. The zero-order valence-electron chi connectivity index (χ0n) is 46.1. The highest BCUT2D eigenvalue weighted by Gasteiger charge is 2.63. The fraction of sp³-hybridized carbons (Fsp3) is 0.600. The molecule has 7 unspecified atom stereocenters. The normalized spacial score (nSPS) is 16.2. The summed E-state index contributed by atoms with van der Waals surface area (Å²) in [6.07, 6.45) is 4.32. The van der Waals surface area contributed by atoms with Gasteiger partial charge in [0.05, 0.1) is 48.3 Å². The molecule has 1 fully saturated rings. The molecule has 0 amide bonds. The SMILES string of the molecule is CC(=O)C(CC(C(=O)O)C(=O)O)C(=O)O.CC(=O)C(CCCCCCCCCCC(C(=O)O)C(=O)O)C(=O)O.CC(=O)C1C(C(=O)O)C(C(=O)O)C1C(=O)O.CC(=O)CC(C(=O)O)C(CC(=O)O)C(=O)O.O=C(O)CC(C(=O)O)C(C(=O)O)C(=O)O. The van der Waals surface area contributed by atoms with Crippen molar-refractivity contribution in [2.45, 2.75) is 118 Å². The van der Waals surface area contributed by atoms with Crippen molar-refractivity contribution in [3.8, 4) is 0 Å². The van der Waals surface area contributed by atoms with Crippen molar-refractivity contribution in [2.75, 3.05) is 0 Å². The van der Waals surface area contributed by atoms with E-state index in [9.17, 15) is 95.9 Å². The van der Waals surface area contributed by atoms with Crippen molar-refractivity contribution in [2.24, 2.45) is 71.0 Å². The Labute approximate surface area is 484 Å². The number of carbonyl (C=O) groups is 20. The van der Waals surface area contributed by atoms with Crippen LogP contribution >= 0.6 is 0 Å². The quantitative estimate of drug-likeness (QED) is 0.0296. The Kier molecular flexibility index (Phi) is 39.6. The molecular weight excluding hydrogens is 1180 g/mol. The van der Waals surface area contributed by atoms with E-state index in [0.29, 0.717) is 12.8 Å². The fourth-order valence-corrected chi connectivity index (χ4v) is 8.06. The van der Waals surface area contributed by atoms with Crippen molar-refractivity contribution < 1.29 is 178 Å². The molecule has 1 aliphatic rings. The molecule has 0 aromatic heterocycles. The summed E-state index contributed by atoms with van der Waals surface area (Å²) in [6, 6.07) is 0. The Balaban J connectivity index is -0.000000495. The smallest absolute Gasteiger partial charge is 0.318 e. The van der Waals surface area contributed by atoms with Crippen molar-refractivity contribution >= 4 is 119 Å². The molecule has 0 aromatic rings. The van der Waals surface area contributed by atoms with Gasteiger partial charge in [-0.2, -0.15) is 0 Å². The van der Waals surface area contributed by atoms with Crippen LogP contribution in [0.2, 0.25) is 0 Å². The van der Waals surface area contributed by atoms with Crippen LogP contribution in [0.25, 0.3) is 0 Å². The number of carboxylic acids is 16. The second-order valence-electron chi connectivity index (χ2n) is 18.9. The standard InChI is InChI=1S/C17H28O7.C9H10O7.C9H12O7.C8H10O7.C7H8O8/c1-12(18)13(15(19)20)10-8-6-4-2-3-5-7-9-11-14(16(21)22)17(23)24;1-2(10)3-4(7(11)12)6(9(15)16)5(3)8(13)14;1-4(10)2-5(8(13)14)6(9(15)16)3-7(11)12;1-3(9)4(6(10)11)2-5(7(12)13)8(14)15;8-3(9)1-2(5(10)11)4(6(12)13)7(14)15/h13-14H,2-11H2,1H3,(H,19,20)(H,21,22)(H,23,24);3-6H,1H3,(H,11,12)(H,13,14)(H,15,16);5-6H,2-3H2,1H3,(H,11,12)(H,13,14)(H,15,16);4-5H,2H2,1H3,(H,10,11)(H,12,13)(H,14,15);2,4H,1H2,(H,8,9)(H,10,11)(H,12,13)(H,14,15). The van der Waals surface area contributed by atoms with E-state index in [4.69, 9.17) is 81.7 Å². The van der Waals surface area contributed by atoms with Gasteiger partial charge in [0, 0.05) is 12.3 Å². The summed E-state index contributed by atoms with van der Waals surface area (Å²) in [5, 5.41) is 138. The molecule has 0 aliphatic heterocycles. The number of rotatable bonds is 38. The monoisotopic (exact) mass is 1240 g/mol. The van der Waals surface area contributed by atoms with E-state index in [2.05, 4.69) is 0 Å². The zero-order valence-corrected chi connectivity index (χ0v) is 46.1. The van der Waals surface area contributed by atoms with Crippen molar-refractivity contribution in [3.05, 3.63) is 0 Å². The average Bonchev–Trinajstić information content (AvgIpc) is 0.813. The lowest BCUT2D eigenvalue weighted by Crippen LogP contribution is -2.59. The van der Waals surface area contributed by atoms with Gasteiger partial charge in [-0.05, 0) is 47.0 Å². The molecule has 16 N–H and O–H groups in total. The van der Waals surface area contributed by atoms with Gasteiger partial charge in [0.2, 0.25) is 0 Å². The summed E-state index contributed by atoms with van der Waals surface area (Å²) in [7, 11) is 0. The number of hydrogen-bond acceptors (Lipinski definition) is 20. The lowest BCUT2D eigenvalue weighted by atomic mass is 9.55. The van der Waals surface area contributed by atoms with Crippen LogP contribution in [0.4, 0.5) is 0 Å². The highest BCUT2D eigenvalue weighted by molar-refractivity contribution is 6.01. The maximum atomic E-state index is 11.1. The Morgan fingerprint density at radius 1 is 0.279 bits per heavy atom. The molecule has 36 nitrogen and oxygen atoms in total. The van der Waals surface area contributed by atoms with Crippen LogP contribution in [-0.4, -0.2) is 200 Å². The first-order valence-corrected chi connectivity index (χ1v) is 25.0. The lowest BCUT2D eigenvalue weighted by Gasteiger charge is -2.43. The molecule has 1 saturated carbocycles. The first-order valence-electron chi connectivity index (χ1n) is 25.0. The molecule has 0 aromatic carbocycles. The third-order valence-electron chi connectivity index (χ3n) is 12.5. The molecule has 0 bridgehead atoms. The van der Waals surface area contributed by atoms with E-state index < -0.39 is 210 Å². The molecule has 0 heterocycles. The fourth-order valence-electron chi connectivity index (χ4n) is 8.06. The Bertz CT molecular complexity index is 2230. The molecule has 0 spiro atoms. The number of unbranched alkanes of at least 4 members (excludes halogenated alkanes) is 7. The summed E-state index contributed by atoms with van der Waals surface area (Å²) in [4.78, 5) is 213. The first-order chi connectivity index (χ1) is 39.3. The predicted octanol–water partition coefficient (Wildman–Crippen LogP) is 0.511. The van der Waals surface area contributed by atoms with Gasteiger partial charge in [-0.1, -0.05) is 51.4 Å². The second kappa shape index (κ2) is 41.2. The maximum absolute atomic E-state index is 11.1. The van der Waals surface area contributed by atoms with Crippen LogP contribution in [-0.2, 0) is 95.9 Å². The van der Waals surface area contributed by atoms with Crippen LogP contribution in [0.5, 0.6) is 0 Å². The Morgan fingerprint density at radius 3 is 0.779 bits per heavy atom. The molecule has 36 heteroatoms. The van der Waals surface area contributed by atoms with Gasteiger partial charge >= 0.3 is 95.5 Å². The van der Waals surface area contributed by atoms with Gasteiger partial charge in [-0.3, -0.25) is 91.1 Å². The average molecular weight is 1250 g/mol. The summed E-state index contributed by atoms with van der Waals surface area (Å²) in [5.74, 6) is -45.3. The largest absolute Gasteiger partial charge is 0.481 e. The van der Waals surface area contributed by atoms with Crippen molar-refractivity contribution in [1.82, 2.24) is 0 Å². The minimum Gasteiger partial charge on any atom is -0.481 e. The van der Waals surface area contributed by atoms with E-state index >= 15 is 0 Å². The number of carboxylic acid groups (broad SMARTS) is 16. The first kappa shape index (κ1) is 82.7. The summed E-state index contributed by atoms with van der Waals surface area (Å²) in [5.41, 5.74) is 0. The summed E-state index contributed by atoms with van der Waals surface area (Å²) < 4.78 is 0. The maximum Gasteiger partial charge on any atom is 0.318 e. The molecule has 0 radical (unpaired) electrons. The van der Waals surface area contributed by atoms with E-state index in [-0.39, 0.29) is 12.2 Å². The minimum atomic E-state index is -2.27. The highest BCUT2D eigenvalue weighted by Crippen LogP contribution is 2.47. The van der Waals surface area contributed by atoms with E-state index in [1.54, 1.807) is 0 Å². The van der Waals surface area contributed by atoms with Crippen molar-refractivity contribution in [3.63, 3.8) is 0 Å². The molecule has 1 aliphatic carbocycles. The second-order valence-corrected chi connectivity index (χ2v) is 18.9. The number of aliphatic carboxylic acids is 16. The van der Waals surface area contributed by atoms with E-state index in [1.807, 2.05) is 0 Å². The van der Waals surface area contributed by atoms with Gasteiger partial charge in [-0.25, -0.2) is 0 Å². The Hall–Kier alpha value is -9.80. The van der Waals surface area contributed by atoms with Gasteiger partial charge in [0.15, 0.2) is 17.8 Å². The lowest BCUT2D eigenvalue weighted by molar-refractivity contribution is -0.186. The predicted molar refractivity (Wildman–Crippen MR) is 271 cm³/mol. The third-order valence-corrected chi connectivity index (χ3v) is 12.5. The summed E-state index contributed by atoms with van der Waals surface area (Å²) in [6.45, 7) is 4.46. The zero-order chi connectivity index (χ0) is 68.4. The molecule has 484 valence electrons. The van der Waals surface area contributed by atoms with Gasteiger partial charge in [-0.15, -0.1) is 0 Å². The van der Waals surface area contributed by atoms with Crippen molar-refractivity contribution in [1.29, 1.82) is 0 Å². The molecule has 7 atom stereocenters. The number of carbonyl (C=O) groups excluding carboxylic acids is 4. The Morgan fingerprint density at radius 2 is 0.547 bits per heavy atom. The third kappa shape index (κ3) is 32.2. The van der Waals surface area contributed by atoms with E-state index in [0.717, 1.165) is 65.7 Å². The molecular formula is C50H68O36. The topological polar surface area (TPSA) is 665 Å². The highest BCUT2D eigenvalue weighted by atomic mass is 16.4. The van der Waals surface area contributed by atoms with Crippen LogP contribution in [0, 0.1) is 71.0 Å². The number of hydrogen-bond donors (Lipinski definition) is 16. The van der Waals surface area contributed by atoms with E-state index in [1.165, 1.54) is 6.92 Å². The van der Waals surface area contributed by atoms with Gasteiger partial charge in [0.25, 0.3) is 0 Å². The number of ketones is 4. The van der Waals surface area contributed by atoms with Crippen LogP contribution < -0.4 is 0 Å². The molecule has 86 heavy (non-hydrogen) atoms.